The number of phenolic OH excluding ortho intramolecular Hbond substituents is 1. The first-order valence-electron chi connectivity index (χ1n) is 7.55. The summed E-state index contributed by atoms with van der Waals surface area (Å²) < 4.78 is 74.9. The van der Waals surface area contributed by atoms with Crippen LogP contribution in [0.1, 0.15) is 20.7 Å². The lowest BCUT2D eigenvalue weighted by atomic mass is 9.72. The number of alkyl halides is 4. The predicted molar refractivity (Wildman–Crippen MR) is 84.0 cm³/mol. The minimum Gasteiger partial charge on any atom is -0.508 e. The molecule has 0 aliphatic carbocycles. The number of hydrogen-bond donors (Lipinski definition) is 5. The molecule has 1 unspecified atom stereocenters. The van der Waals surface area contributed by atoms with Gasteiger partial charge < -0.3 is 25.5 Å². The summed E-state index contributed by atoms with van der Waals surface area (Å²) in [5, 5.41) is 42.7. The third kappa shape index (κ3) is 4.91. The molecule has 34 heavy (non-hydrogen) atoms. The summed E-state index contributed by atoms with van der Waals surface area (Å²) in [6.45, 7) is 0. The summed E-state index contributed by atoms with van der Waals surface area (Å²) in [6.07, 6.45) is -6.78. The molecule has 0 aliphatic heterocycles. The number of aromatic carboxylic acids is 2. The Morgan fingerprint density at radius 3 is 1.38 bits per heavy atom. The molecule has 13 nitrogen and oxygen atoms in total. The van der Waals surface area contributed by atoms with Gasteiger partial charge in [-0.3, -0.25) is 14.7 Å². The van der Waals surface area contributed by atoms with Gasteiger partial charge in [-0.15, -0.1) is 0 Å². The summed E-state index contributed by atoms with van der Waals surface area (Å²) in [5.41, 5.74) is -12.6. The van der Waals surface area contributed by atoms with Gasteiger partial charge in [-0.05, 0) is 18.2 Å². The number of aromatic hydroxyl groups is 1. The lowest BCUT2D eigenvalue weighted by Crippen LogP contribution is -2.70. The SMILES string of the molecule is O=C(O)C(C(=O)OF)(C(=O)OF)C(F)(C(=O)O)C(F)(F)F.O=C(O)c1ccc(O)cc1C(=O)O. The molecule has 1 atom stereocenters. The number of rotatable bonds is 7. The first-order chi connectivity index (χ1) is 15.4. The van der Waals surface area contributed by atoms with Crippen LogP contribution in [0.25, 0.3) is 0 Å². The van der Waals surface area contributed by atoms with Crippen molar-refractivity contribution in [1.82, 2.24) is 0 Å². The van der Waals surface area contributed by atoms with E-state index in [2.05, 4.69) is 0 Å². The molecular formula is C15H8F6O13. The van der Waals surface area contributed by atoms with Crippen molar-refractivity contribution >= 4 is 35.8 Å². The van der Waals surface area contributed by atoms with Crippen LogP contribution in [0.4, 0.5) is 26.6 Å². The van der Waals surface area contributed by atoms with Crippen molar-refractivity contribution in [3.05, 3.63) is 29.3 Å². The Morgan fingerprint density at radius 1 is 0.706 bits per heavy atom. The van der Waals surface area contributed by atoms with Crippen LogP contribution in [0.2, 0.25) is 0 Å². The van der Waals surface area contributed by atoms with Crippen molar-refractivity contribution in [3.63, 3.8) is 0 Å². The van der Waals surface area contributed by atoms with Gasteiger partial charge in [0.25, 0.3) is 0 Å². The quantitative estimate of drug-likeness (QED) is 0.256. The van der Waals surface area contributed by atoms with E-state index in [1.165, 1.54) is 0 Å². The minimum absolute atomic E-state index is 0.276. The highest BCUT2D eigenvalue weighted by atomic mass is 19.4. The van der Waals surface area contributed by atoms with E-state index in [1.807, 2.05) is 9.88 Å². The average Bonchev–Trinajstić information content (AvgIpc) is 2.72. The highest BCUT2D eigenvalue weighted by Crippen LogP contribution is 2.49. The van der Waals surface area contributed by atoms with E-state index < -0.39 is 58.6 Å². The summed E-state index contributed by atoms with van der Waals surface area (Å²) in [4.78, 5) is 67.8. The van der Waals surface area contributed by atoms with Gasteiger partial charge in [0.05, 0.1) is 11.1 Å². The number of carboxylic acid groups (broad SMARTS) is 4. The van der Waals surface area contributed by atoms with E-state index in [4.69, 9.17) is 25.5 Å². The van der Waals surface area contributed by atoms with Crippen molar-refractivity contribution in [2.45, 2.75) is 11.8 Å². The molecule has 5 N–H and O–H groups in total. The molecule has 0 fully saturated rings. The number of carbonyl (C=O) groups is 6. The van der Waals surface area contributed by atoms with E-state index in [-0.39, 0.29) is 11.3 Å². The second-order valence-electron chi connectivity index (χ2n) is 5.59. The summed E-state index contributed by atoms with van der Waals surface area (Å²) >= 11 is 0. The fourth-order valence-corrected chi connectivity index (χ4v) is 2.19. The number of carbonyl (C=O) groups excluding carboxylic acids is 2. The van der Waals surface area contributed by atoms with Crippen molar-refractivity contribution in [2.24, 2.45) is 5.41 Å². The molecule has 0 aliphatic rings. The second-order valence-corrected chi connectivity index (χ2v) is 5.59. The number of phenols is 1. The maximum Gasteiger partial charge on any atom is 0.435 e. The molecule has 0 saturated carbocycles. The van der Waals surface area contributed by atoms with Gasteiger partial charge in [-0.2, -0.15) is 13.2 Å². The highest BCUT2D eigenvalue weighted by molar-refractivity contribution is 6.22. The van der Waals surface area contributed by atoms with E-state index in [9.17, 15) is 55.4 Å². The van der Waals surface area contributed by atoms with Gasteiger partial charge in [-0.1, -0.05) is 0 Å². The Balaban J connectivity index is 0.000000712. The lowest BCUT2D eigenvalue weighted by Gasteiger charge is -2.33. The number of aliphatic carboxylic acids is 2. The average molecular weight is 510 g/mol. The Labute approximate surface area is 180 Å². The van der Waals surface area contributed by atoms with Gasteiger partial charge in [0.2, 0.25) is 0 Å². The maximum atomic E-state index is 13.8. The van der Waals surface area contributed by atoms with Crippen LogP contribution >= 0.6 is 0 Å². The van der Waals surface area contributed by atoms with Crippen molar-refractivity contribution < 1.29 is 90.8 Å². The molecule has 1 rings (SSSR count). The van der Waals surface area contributed by atoms with Gasteiger partial charge in [0, 0.05) is 9.05 Å². The Kier molecular flexibility index (Phi) is 8.96. The predicted octanol–water partition coefficient (Wildman–Crippen LogP) is 1.06. The molecule has 0 spiro atoms. The van der Waals surface area contributed by atoms with Crippen LogP contribution in [0.5, 0.6) is 5.75 Å². The zero-order valence-corrected chi connectivity index (χ0v) is 15.5. The molecule has 0 bridgehead atoms. The van der Waals surface area contributed by atoms with Crippen molar-refractivity contribution in [2.75, 3.05) is 0 Å². The molecule has 0 heterocycles. The number of hydrogen-bond acceptors (Lipinski definition) is 9. The molecule has 1 aromatic carbocycles. The standard InChI is InChI=1S/C8H6O5.C7H2F6O8/c9-4-1-2-5(7(10)11)6(3-4)8(12)13;8-6(2(16)17,7(9,10)11)5(1(14)15,3(18)20-12)4(19)21-13/h1-3,9H,(H,10,11)(H,12,13);(H,14,15)(H,16,17). The monoisotopic (exact) mass is 510 g/mol. The molecule has 0 radical (unpaired) electrons. The largest absolute Gasteiger partial charge is 0.508 e. The lowest BCUT2D eigenvalue weighted by molar-refractivity contribution is -0.283. The zero-order chi connectivity index (χ0) is 27.2. The summed E-state index contributed by atoms with van der Waals surface area (Å²) in [5.74, 6) is -17.3. The first kappa shape index (κ1) is 29.4. The smallest absolute Gasteiger partial charge is 0.435 e. The fourth-order valence-electron chi connectivity index (χ4n) is 2.19. The van der Waals surface area contributed by atoms with Crippen LogP contribution < -0.4 is 0 Å². The number of halogens is 6. The van der Waals surface area contributed by atoms with E-state index >= 15 is 0 Å². The molecular weight excluding hydrogens is 502 g/mol. The zero-order valence-electron chi connectivity index (χ0n) is 15.5. The van der Waals surface area contributed by atoms with Gasteiger partial charge in [0.15, 0.2) is 0 Å². The van der Waals surface area contributed by atoms with E-state index in [0.717, 1.165) is 18.2 Å². The van der Waals surface area contributed by atoms with Crippen LogP contribution in [-0.4, -0.2) is 73.2 Å². The molecule has 0 amide bonds. The molecule has 0 aromatic heterocycles. The number of benzene rings is 1. The van der Waals surface area contributed by atoms with E-state index in [1.54, 1.807) is 0 Å². The van der Waals surface area contributed by atoms with Crippen LogP contribution in [0, 0.1) is 5.41 Å². The van der Waals surface area contributed by atoms with Gasteiger partial charge in [-0.25, -0.2) is 28.4 Å². The van der Waals surface area contributed by atoms with Crippen LogP contribution in [0.3, 0.4) is 0 Å². The third-order valence-electron chi connectivity index (χ3n) is 3.74. The third-order valence-corrected chi connectivity index (χ3v) is 3.74. The Bertz CT molecular complexity index is 1000. The van der Waals surface area contributed by atoms with Crippen LogP contribution in [0.15, 0.2) is 18.2 Å². The molecule has 188 valence electrons. The number of carboxylic acids is 4. The fraction of sp³-hybridized carbons (Fsp3) is 0.200. The van der Waals surface area contributed by atoms with Crippen LogP contribution in [-0.2, 0) is 29.1 Å². The van der Waals surface area contributed by atoms with Gasteiger partial charge in [0.1, 0.15) is 5.75 Å². The minimum atomic E-state index is -6.78. The Morgan fingerprint density at radius 2 is 1.12 bits per heavy atom. The van der Waals surface area contributed by atoms with E-state index in [0.29, 0.717) is 0 Å². The highest BCUT2D eigenvalue weighted by Gasteiger charge is 2.86. The Hall–Kier alpha value is -4.58. The normalized spacial score (nSPS) is 12.8. The van der Waals surface area contributed by atoms with Crippen molar-refractivity contribution in [3.8, 4) is 5.75 Å². The molecule has 0 saturated heterocycles. The maximum absolute atomic E-state index is 13.8. The topological polar surface area (TPSA) is 222 Å². The molecule has 1 aromatic rings. The van der Waals surface area contributed by atoms with Crippen molar-refractivity contribution in [1.29, 1.82) is 0 Å². The second kappa shape index (κ2) is 10.4. The summed E-state index contributed by atoms with van der Waals surface area (Å²) in [7, 11) is 0. The van der Waals surface area contributed by atoms with Gasteiger partial charge >= 0.3 is 53.1 Å². The first-order valence-corrected chi connectivity index (χ1v) is 7.55. The molecule has 19 heteroatoms. The summed E-state index contributed by atoms with van der Waals surface area (Å²) in [6, 6.07) is 3.06.